The number of carbonyl (C=O) groups is 1. The number of benzene rings is 2. The van der Waals surface area contributed by atoms with Crippen molar-refractivity contribution in [2.24, 2.45) is 0 Å². The minimum atomic E-state index is -3.31. The second-order valence-electron chi connectivity index (χ2n) is 5.76. The fraction of sp³-hybridized carbons (Fsp3) is 0.0588. The number of amides is 1. The van der Waals surface area contributed by atoms with Crippen LogP contribution in [0.1, 0.15) is 9.67 Å². The van der Waals surface area contributed by atoms with Crippen LogP contribution in [-0.4, -0.2) is 25.6 Å². The summed E-state index contributed by atoms with van der Waals surface area (Å²) in [5, 5.41) is 4.80. The molecule has 5 nitrogen and oxygen atoms in total. The summed E-state index contributed by atoms with van der Waals surface area (Å²) in [4.78, 5) is 17.6. The van der Waals surface area contributed by atoms with E-state index >= 15 is 0 Å². The molecule has 2 heterocycles. The molecule has 2 aromatic heterocycles. The Kier molecular flexibility index (Phi) is 4.64. The van der Waals surface area contributed by atoms with Crippen molar-refractivity contribution in [3.63, 3.8) is 0 Å². The zero-order valence-electron chi connectivity index (χ0n) is 13.6. The molecule has 0 aliphatic heterocycles. The van der Waals surface area contributed by atoms with Crippen LogP contribution in [0.5, 0.6) is 0 Å². The Morgan fingerprint density at radius 2 is 1.85 bits per heavy atom. The number of thiophene rings is 1. The lowest BCUT2D eigenvalue weighted by Gasteiger charge is -1.98. The van der Waals surface area contributed by atoms with E-state index in [-0.39, 0.29) is 10.8 Å². The first-order valence-corrected chi connectivity index (χ1v) is 11.8. The number of sulfone groups is 1. The third-order valence-corrected chi connectivity index (χ3v) is 7.74. The zero-order chi connectivity index (χ0) is 19.3. The Labute approximate surface area is 172 Å². The molecule has 0 atom stereocenters. The predicted molar refractivity (Wildman–Crippen MR) is 113 cm³/mol. The Morgan fingerprint density at radius 3 is 2.59 bits per heavy atom. The van der Waals surface area contributed by atoms with Gasteiger partial charge in [0.25, 0.3) is 5.91 Å². The molecule has 0 unspecified atom stereocenters. The standard InChI is InChI=1S/C17H10Cl2N2O3S3/c1-27(23,24)9-3-5-11-13(7-9)26-17(20-11)21-16(22)15-14(19)10-4-2-8(18)6-12(10)25-15/h2-7H,1H3,(H,20,21,22). The average Bonchev–Trinajstić information content (AvgIpc) is 3.13. The summed E-state index contributed by atoms with van der Waals surface area (Å²) in [7, 11) is -3.31. The van der Waals surface area contributed by atoms with E-state index in [4.69, 9.17) is 23.2 Å². The number of hydrogen-bond donors (Lipinski definition) is 1. The fourth-order valence-electron chi connectivity index (χ4n) is 2.53. The average molecular weight is 457 g/mol. The van der Waals surface area contributed by atoms with Gasteiger partial charge in [-0.2, -0.15) is 0 Å². The summed E-state index contributed by atoms with van der Waals surface area (Å²) in [5.41, 5.74) is 0.608. The van der Waals surface area contributed by atoms with E-state index < -0.39 is 9.84 Å². The molecule has 0 bridgehead atoms. The van der Waals surface area contributed by atoms with Gasteiger partial charge < -0.3 is 0 Å². The van der Waals surface area contributed by atoms with Crippen molar-refractivity contribution < 1.29 is 13.2 Å². The van der Waals surface area contributed by atoms with Gasteiger partial charge in [0, 0.05) is 21.4 Å². The molecule has 1 N–H and O–H groups in total. The van der Waals surface area contributed by atoms with Gasteiger partial charge in [-0.3, -0.25) is 10.1 Å². The quantitative estimate of drug-likeness (QED) is 0.443. The van der Waals surface area contributed by atoms with Crippen LogP contribution < -0.4 is 5.32 Å². The molecule has 1 amide bonds. The maximum atomic E-state index is 12.6. The van der Waals surface area contributed by atoms with Gasteiger partial charge in [-0.25, -0.2) is 13.4 Å². The second kappa shape index (κ2) is 6.72. The molecule has 0 saturated heterocycles. The number of nitrogens with zero attached hydrogens (tertiary/aromatic N) is 1. The number of fused-ring (bicyclic) bond motifs is 2. The van der Waals surface area contributed by atoms with Gasteiger partial charge in [0.2, 0.25) is 0 Å². The van der Waals surface area contributed by atoms with E-state index in [2.05, 4.69) is 10.3 Å². The normalized spacial score (nSPS) is 12.0. The summed E-state index contributed by atoms with van der Waals surface area (Å²) in [6.07, 6.45) is 1.15. The van der Waals surface area contributed by atoms with Gasteiger partial charge in [-0.05, 0) is 30.3 Å². The van der Waals surface area contributed by atoms with E-state index in [0.717, 1.165) is 16.3 Å². The molecule has 0 fully saturated rings. The number of halogens is 2. The number of hydrogen-bond acceptors (Lipinski definition) is 6. The lowest BCUT2D eigenvalue weighted by molar-refractivity contribution is 0.103. The van der Waals surface area contributed by atoms with Gasteiger partial charge in [0.05, 0.1) is 20.1 Å². The SMILES string of the molecule is CS(=O)(=O)c1ccc2nc(NC(=O)c3sc4cc(Cl)ccc4c3Cl)sc2c1. The van der Waals surface area contributed by atoms with Gasteiger partial charge in [-0.1, -0.05) is 40.6 Å². The van der Waals surface area contributed by atoms with Crippen molar-refractivity contribution in [2.75, 3.05) is 11.6 Å². The number of rotatable bonds is 3. The van der Waals surface area contributed by atoms with Gasteiger partial charge in [0.15, 0.2) is 15.0 Å². The zero-order valence-corrected chi connectivity index (χ0v) is 17.6. The number of anilines is 1. The van der Waals surface area contributed by atoms with Crippen molar-refractivity contribution in [3.8, 4) is 0 Å². The third-order valence-electron chi connectivity index (χ3n) is 3.81. The topological polar surface area (TPSA) is 76.1 Å². The molecule has 0 spiro atoms. The second-order valence-corrected chi connectivity index (χ2v) is 10.7. The third kappa shape index (κ3) is 3.55. The molecule has 10 heteroatoms. The molecule has 2 aromatic carbocycles. The number of carbonyl (C=O) groups excluding carboxylic acids is 1. The van der Waals surface area contributed by atoms with Crippen LogP contribution in [0.15, 0.2) is 41.3 Å². The monoisotopic (exact) mass is 456 g/mol. The molecule has 0 radical (unpaired) electrons. The first-order chi connectivity index (χ1) is 12.7. The Hall–Kier alpha value is -1.71. The van der Waals surface area contributed by atoms with E-state index in [1.54, 1.807) is 30.3 Å². The molecule has 0 saturated carbocycles. The van der Waals surface area contributed by atoms with Crippen LogP contribution in [0, 0.1) is 0 Å². The molecular formula is C17H10Cl2N2O3S3. The first kappa shape index (κ1) is 18.6. The van der Waals surface area contributed by atoms with Crippen molar-refractivity contribution in [1.82, 2.24) is 4.98 Å². The van der Waals surface area contributed by atoms with Crippen LogP contribution >= 0.6 is 45.9 Å². The van der Waals surface area contributed by atoms with Gasteiger partial charge in [-0.15, -0.1) is 11.3 Å². The van der Waals surface area contributed by atoms with Crippen LogP contribution in [0.4, 0.5) is 5.13 Å². The van der Waals surface area contributed by atoms with Crippen LogP contribution in [0.25, 0.3) is 20.3 Å². The Bertz CT molecular complexity index is 1330. The van der Waals surface area contributed by atoms with Gasteiger partial charge >= 0.3 is 0 Å². The van der Waals surface area contributed by atoms with Crippen molar-refractivity contribution in [3.05, 3.63) is 51.3 Å². The molecule has 27 heavy (non-hydrogen) atoms. The highest BCUT2D eigenvalue weighted by molar-refractivity contribution is 7.90. The fourth-order valence-corrected chi connectivity index (χ4v) is 5.84. The molecule has 0 aliphatic carbocycles. The summed E-state index contributed by atoms with van der Waals surface area (Å²) >= 11 is 14.8. The number of aromatic nitrogens is 1. The summed E-state index contributed by atoms with van der Waals surface area (Å²) in [6, 6.07) is 9.91. The Balaban J connectivity index is 1.67. The predicted octanol–water partition coefficient (Wildman–Crippen LogP) is 5.47. The minimum absolute atomic E-state index is 0.209. The van der Waals surface area contributed by atoms with Crippen LogP contribution in [-0.2, 0) is 9.84 Å². The van der Waals surface area contributed by atoms with Crippen molar-refractivity contribution in [2.45, 2.75) is 4.90 Å². The Morgan fingerprint density at radius 1 is 1.07 bits per heavy atom. The van der Waals surface area contributed by atoms with Crippen LogP contribution in [0.2, 0.25) is 10.0 Å². The summed E-state index contributed by atoms with van der Waals surface area (Å²) < 4.78 is 24.9. The van der Waals surface area contributed by atoms with E-state index in [1.807, 2.05) is 0 Å². The van der Waals surface area contributed by atoms with E-state index in [1.165, 1.54) is 28.7 Å². The minimum Gasteiger partial charge on any atom is -0.297 e. The van der Waals surface area contributed by atoms with E-state index in [0.29, 0.717) is 30.3 Å². The van der Waals surface area contributed by atoms with Crippen LogP contribution in [0.3, 0.4) is 0 Å². The highest BCUT2D eigenvalue weighted by Crippen LogP contribution is 2.37. The first-order valence-electron chi connectivity index (χ1n) is 7.52. The molecule has 4 aromatic rings. The molecule has 4 rings (SSSR count). The summed E-state index contributed by atoms with van der Waals surface area (Å²) in [5.74, 6) is -0.375. The van der Waals surface area contributed by atoms with Crippen molar-refractivity contribution in [1.29, 1.82) is 0 Å². The van der Waals surface area contributed by atoms with Crippen molar-refractivity contribution >= 4 is 87.1 Å². The smallest absolute Gasteiger partial charge is 0.269 e. The maximum absolute atomic E-state index is 12.6. The number of thiazole rings is 1. The summed E-state index contributed by atoms with van der Waals surface area (Å²) in [6.45, 7) is 0. The number of nitrogens with one attached hydrogen (secondary N) is 1. The highest BCUT2D eigenvalue weighted by Gasteiger charge is 2.19. The lowest BCUT2D eigenvalue weighted by atomic mass is 10.2. The molecular weight excluding hydrogens is 447 g/mol. The lowest BCUT2D eigenvalue weighted by Crippen LogP contribution is -2.10. The highest BCUT2D eigenvalue weighted by atomic mass is 35.5. The molecule has 0 aliphatic rings. The van der Waals surface area contributed by atoms with Gasteiger partial charge in [0.1, 0.15) is 4.88 Å². The largest absolute Gasteiger partial charge is 0.297 e. The molecule has 138 valence electrons. The maximum Gasteiger partial charge on any atom is 0.269 e. The van der Waals surface area contributed by atoms with E-state index in [9.17, 15) is 13.2 Å².